The summed E-state index contributed by atoms with van der Waals surface area (Å²) in [4.78, 5) is 24.3. The summed E-state index contributed by atoms with van der Waals surface area (Å²) in [7, 11) is 0. The van der Waals surface area contributed by atoms with Gasteiger partial charge >= 0.3 is 6.18 Å². The normalized spacial score (nSPS) is 20.5. The van der Waals surface area contributed by atoms with Gasteiger partial charge < -0.3 is 15.8 Å². The van der Waals surface area contributed by atoms with E-state index in [1.165, 1.54) is 36.0 Å². The summed E-state index contributed by atoms with van der Waals surface area (Å²) in [5, 5.41) is 2.68. The second-order valence-corrected chi connectivity index (χ2v) is 8.23. The Morgan fingerprint density at radius 2 is 2.09 bits per heavy atom. The summed E-state index contributed by atoms with van der Waals surface area (Å²) in [6.07, 6.45) is 0.883. The summed E-state index contributed by atoms with van der Waals surface area (Å²) in [6.45, 7) is 6.02. The van der Waals surface area contributed by atoms with Gasteiger partial charge in [-0.25, -0.2) is 19.4 Å². The molecule has 2 unspecified atom stereocenters. The molecule has 1 amide bonds. The fourth-order valence-electron chi connectivity index (χ4n) is 3.11. The average molecular weight is 481 g/mol. The van der Waals surface area contributed by atoms with Crippen LogP contribution in [0.5, 0.6) is 5.88 Å². The van der Waals surface area contributed by atoms with Gasteiger partial charge in [0.05, 0.1) is 12.4 Å². The van der Waals surface area contributed by atoms with Crippen LogP contribution in [-0.4, -0.2) is 39.1 Å². The smallest absolute Gasteiger partial charge is 0.422 e. The number of carbonyl (C=O) groups excluding carboxylic acids is 1. The Morgan fingerprint density at radius 3 is 2.70 bits per heavy atom. The van der Waals surface area contributed by atoms with Crippen LogP contribution in [0.25, 0.3) is 0 Å². The molecule has 3 rings (SSSR count). The Hall–Kier alpha value is -3.41. The number of ether oxygens (including phenoxy) is 1. The Kier molecular flexibility index (Phi) is 7.06. The Bertz CT molecular complexity index is 1090. The summed E-state index contributed by atoms with van der Waals surface area (Å²) < 4.78 is 55.9. The number of amides is 1. The average Bonchev–Trinajstić information content (AvgIpc) is 2.78. The van der Waals surface area contributed by atoms with E-state index in [0.29, 0.717) is 6.42 Å². The van der Waals surface area contributed by atoms with E-state index >= 15 is 0 Å². The number of nitrogens with one attached hydrogen (secondary N) is 1. The number of amidine groups is 1. The molecule has 7 nitrogen and oxygen atoms in total. The lowest BCUT2D eigenvalue weighted by Gasteiger charge is -2.34. The van der Waals surface area contributed by atoms with Gasteiger partial charge in [0.15, 0.2) is 11.8 Å². The number of aliphatic imine (C=N–C) groups is 1. The first-order valence-corrected chi connectivity index (χ1v) is 10.3. The maximum atomic E-state index is 14.8. The molecular formula is C21H19F4N5O2S. The zero-order valence-corrected chi connectivity index (χ0v) is 17.9. The molecule has 0 spiro atoms. The van der Waals surface area contributed by atoms with Gasteiger partial charge in [0, 0.05) is 16.5 Å². The van der Waals surface area contributed by atoms with E-state index in [1.807, 2.05) is 0 Å². The molecule has 2 aromatic rings. The van der Waals surface area contributed by atoms with Crippen LogP contribution in [0.4, 0.5) is 23.2 Å². The van der Waals surface area contributed by atoms with Crippen LogP contribution < -0.4 is 15.8 Å². The van der Waals surface area contributed by atoms with Crippen LogP contribution in [0.15, 0.2) is 60.9 Å². The lowest BCUT2D eigenvalue weighted by molar-refractivity contribution is -0.154. The molecule has 2 heterocycles. The number of hydrogen-bond donors (Lipinski definition) is 2. The molecule has 0 saturated carbocycles. The van der Waals surface area contributed by atoms with Crippen molar-refractivity contribution in [3.8, 4) is 5.88 Å². The van der Waals surface area contributed by atoms with E-state index in [9.17, 15) is 22.4 Å². The number of thioether (sulfide) groups is 1. The van der Waals surface area contributed by atoms with Gasteiger partial charge in [-0.2, -0.15) is 13.2 Å². The van der Waals surface area contributed by atoms with Gasteiger partial charge in [0.1, 0.15) is 17.1 Å². The molecule has 0 radical (unpaired) electrons. The predicted molar refractivity (Wildman–Crippen MR) is 118 cm³/mol. The predicted octanol–water partition coefficient (Wildman–Crippen LogP) is 4.20. The molecule has 1 aliphatic heterocycles. The molecule has 1 aromatic heterocycles. The van der Waals surface area contributed by atoms with Crippen molar-refractivity contribution in [3.63, 3.8) is 0 Å². The number of hydrogen-bond acceptors (Lipinski definition) is 7. The number of alkyl halides is 3. The first kappa shape index (κ1) is 24.2. The first-order valence-electron chi connectivity index (χ1n) is 9.46. The number of anilines is 1. The maximum absolute atomic E-state index is 14.8. The number of benzene rings is 1. The third kappa shape index (κ3) is 5.89. The summed E-state index contributed by atoms with van der Waals surface area (Å²) >= 11 is 1.30. The standard InChI is InChI=1S/C21H19F4N5O2S/c1-3-13-8-20(4-2,30-19(26)33-13)14-7-12(5-6-15(14)22)29-18(31)16-9-28-17(10-27-16)32-11-21(23,24)25/h3-7,9-10,13H,1-2,8,11H2,(H2,26,30)(H,29,31). The molecule has 1 aliphatic rings. The number of aromatic nitrogens is 2. The van der Waals surface area contributed by atoms with E-state index in [2.05, 4.69) is 38.2 Å². The Balaban J connectivity index is 1.81. The lowest BCUT2D eigenvalue weighted by Crippen LogP contribution is -2.34. The highest BCUT2D eigenvalue weighted by molar-refractivity contribution is 8.14. The van der Waals surface area contributed by atoms with Crippen molar-refractivity contribution in [3.05, 3.63) is 73.0 Å². The van der Waals surface area contributed by atoms with Crippen LogP contribution in [0, 0.1) is 5.82 Å². The zero-order valence-electron chi connectivity index (χ0n) is 17.1. The monoisotopic (exact) mass is 481 g/mol. The molecule has 0 bridgehead atoms. The molecule has 0 fully saturated rings. The van der Waals surface area contributed by atoms with Gasteiger partial charge in [0.2, 0.25) is 5.88 Å². The highest BCUT2D eigenvalue weighted by Gasteiger charge is 2.38. The topological polar surface area (TPSA) is 102 Å². The molecular weight excluding hydrogens is 462 g/mol. The Labute approximate surface area is 190 Å². The highest BCUT2D eigenvalue weighted by Crippen LogP contribution is 2.42. The van der Waals surface area contributed by atoms with E-state index in [1.54, 1.807) is 6.08 Å². The Morgan fingerprint density at radius 1 is 1.33 bits per heavy atom. The van der Waals surface area contributed by atoms with Gasteiger partial charge in [-0.05, 0) is 24.6 Å². The minimum Gasteiger partial charge on any atom is -0.467 e. The minimum atomic E-state index is -4.53. The number of nitrogens with zero attached hydrogens (tertiary/aromatic N) is 3. The number of nitrogens with two attached hydrogens (primary N) is 1. The number of carbonyl (C=O) groups is 1. The SMILES string of the molecule is C=CC1CC(C=C)(c2cc(NC(=O)c3cnc(OCC(F)(F)F)cn3)ccc2F)N=C(N)S1. The van der Waals surface area contributed by atoms with Crippen LogP contribution in [0.2, 0.25) is 0 Å². The van der Waals surface area contributed by atoms with Crippen LogP contribution in [-0.2, 0) is 5.54 Å². The highest BCUT2D eigenvalue weighted by atomic mass is 32.2. The van der Waals surface area contributed by atoms with Crippen molar-refractivity contribution in [2.45, 2.75) is 23.4 Å². The van der Waals surface area contributed by atoms with Crippen LogP contribution >= 0.6 is 11.8 Å². The second-order valence-electron chi connectivity index (χ2n) is 6.97. The molecule has 0 saturated heterocycles. The van der Waals surface area contributed by atoms with Crippen LogP contribution in [0.3, 0.4) is 0 Å². The van der Waals surface area contributed by atoms with Crippen molar-refractivity contribution in [2.24, 2.45) is 10.7 Å². The second kappa shape index (κ2) is 9.61. The lowest BCUT2D eigenvalue weighted by atomic mass is 9.85. The van der Waals surface area contributed by atoms with E-state index in [-0.39, 0.29) is 33.2 Å². The van der Waals surface area contributed by atoms with E-state index < -0.39 is 30.0 Å². The van der Waals surface area contributed by atoms with Gasteiger partial charge in [0.25, 0.3) is 5.91 Å². The maximum Gasteiger partial charge on any atom is 0.422 e. The van der Waals surface area contributed by atoms with E-state index in [4.69, 9.17) is 5.73 Å². The summed E-state index contributed by atoms with van der Waals surface area (Å²) in [6, 6.07) is 3.93. The molecule has 12 heteroatoms. The third-order valence-corrected chi connectivity index (χ3v) is 5.62. The molecule has 2 atom stereocenters. The number of halogens is 4. The fraction of sp³-hybridized carbons (Fsp3) is 0.238. The van der Waals surface area contributed by atoms with Crippen LogP contribution in [0.1, 0.15) is 22.5 Å². The van der Waals surface area contributed by atoms with Crippen molar-refractivity contribution >= 4 is 28.5 Å². The zero-order chi connectivity index (χ0) is 24.2. The van der Waals surface area contributed by atoms with Gasteiger partial charge in [-0.3, -0.25) is 4.79 Å². The van der Waals surface area contributed by atoms with Crippen molar-refractivity contribution in [1.82, 2.24) is 9.97 Å². The van der Waals surface area contributed by atoms with Gasteiger partial charge in [-0.1, -0.05) is 23.9 Å². The minimum absolute atomic E-state index is 0.119. The third-order valence-electron chi connectivity index (χ3n) is 4.63. The molecule has 174 valence electrons. The quantitative estimate of drug-likeness (QED) is 0.454. The van der Waals surface area contributed by atoms with Crippen molar-refractivity contribution in [1.29, 1.82) is 0 Å². The molecule has 3 N–H and O–H groups in total. The summed E-state index contributed by atoms with van der Waals surface area (Å²) in [5.41, 5.74) is 4.99. The van der Waals surface area contributed by atoms with Crippen molar-refractivity contribution in [2.75, 3.05) is 11.9 Å². The van der Waals surface area contributed by atoms with Gasteiger partial charge in [-0.15, -0.1) is 13.2 Å². The van der Waals surface area contributed by atoms with Crippen molar-refractivity contribution < 1.29 is 27.1 Å². The molecule has 0 aliphatic carbocycles. The molecule has 33 heavy (non-hydrogen) atoms. The first-order chi connectivity index (χ1) is 15.5. The van der Waals surface area contributed by atoms with E-state index in [0.717, 1.165) is 12.4 Å². The number of rotatable bonds is 7. The fourth-order valence-corrected chi connectivity index (χ4v) is 4.07. The molecule has 1 aromatic carbocycles. The largest absolute Gasteiger partial charge is 0.467 e. The summed E-state index contributed by atoms with van der Waals surface area (Å²) in [5.74, 6) is -1.66.